The molecule has 2 N–H and O–H groups in total. The van der Waals surface area contributed by atoms with Gasteiger partial charge in [-0.1, -0.05) is 67.1 Å². The Morgan fingerprint density at radius 2 is 1.80 bits per heavy atom. The predicted molar refractivity (Wildman–Crippen MR) is 98.5 cm³/mol. The number of benzene rings is 2. The van der Waals surface area contributed by atoms with Gasteiger partial charge in [-0.2, -0.15) is 0 Å². The van der Waals surface area contributed by atoms with E-state index in [0.717, 1.165) is 16.7 Å². The maximum Gasteiger partial charge on any atom is 0.308 e. The van der Waals surface area contributed by atoms with Crippen LogP contribution in [0.2, 0.25) is 0 Å². The molecule has 1 amide bonds. The number of hydrogen-bond acceptors (Lipinski definition) is 2. The van der Waals surface area contributed by atoms with E-state index in [1.165, 1.54) is 0 Å². The van der Waals surface area contributed by atoms with Gasteiger partial charge < -0.3 is 10.4 Å². The van der Waals surface area contributed by atoms with E-state index in [2.05, 4.69) is 5.32 Å². The van der Waals surface area contributed by atoms with E-state index >= 15 is 0 Å². The van der Waals surface area contributed by atoms with Gasteiger partial charge in [0.25, 0.3) is 0 Å². The lowest BCUT2D eigenvalue weighted by atomic mass is 9.94. The SMILES string of the molecule is CCC(C(=O)NCC(Cc1cccc(C)c1)C(=O)O)c1ccccc1. The quantitative estimate of drug-likeness (QED) is 0.773. The van der Waals surface area contributed by atoms with Gasteiger partial charge in [0.15, 0.2) is 0 Å². The zero-order valence-corrected chi connectivity index (χ0v) is 14.7. The Balaban J connectivity index is 2.00. The van der Waals surface area contributed by atoms with Crippen LogP contribution in [0, 0.1) is 12.8 Å². The lowest BCUT2D eigenvalue weighted by Crippen LogP contribution is -2.36. The second-order valence-electron chi connectivity index (χ2n) is 6.35. The van der Waals surface area contributed by atoms with Crippen molar-refractivity contribution in [3.8, 4) is 0 Å². The molecule has 0 aromatic heterocycles. The van der Waals surface area contributed by atoms with Crippen LogP contribution in [-0.4, -0.2) is 23.5 Å². The minimum atomic E-state index is -0.894. The van der Waals surface area contributed by atoms with Gasteiger partial charge in [-0.3, -0.25) is 9.59 Å². The number of carbonyl (C=O) groups excluding carboxylic acids is 1. The highest BCUT2D eigenvalue weighted by molar-refractivity contribution is 5.84. The van der Waals surface area contributed by atoms with Gasteiger partial charge >= 0.3 is 5.97 Å². The van der Waals surface area contributed by atoms with E-state index in [1.807, 2.05) is 68.4 Å². The molecule has 25 heavy (non-hydrogen) atoms. The van der Waals surface area contributed by atoms with Gasteiger partial charge in [0.05, 0.1) is 11.8 Å². The van der Waals surface area contributed by atoms with E-state index in [4.69, 9.17) is 0 Å². The van der Waals surface area contributed by atoms with Gasteiger partial charge in [-0.05, 0) is 30.9 Å². The summed E-state index contributed by atoms with van der Waals surface area (Å²) in [7, 11) is 0. The molecule has 0 radical (unpaired) electrons. The van der Waals surface area contributed by atoms with Crippen LogP contribution in [-0.2, 0) is 16.0 Å². The van der Waals surface area contributed by atoms with Crippen molar-refractivity contribution in [2.45, 2.75) is 32.6 Å². The molecule has 0 aliphatic heterocycles. The molecule has 2 unspecified atom stereocenters. The number of hydrogen-bond donors (Lipinski definition) is 2. The standard InChI is InChI=1S/C21H25NO3/c1-3-19(17-10-5-4-6-11-17)20(23)22-14-18(21(24)25)13-16-9-7-8-15(2)12-16/h4-12,18-19H,3,13-14H2,1-2H3,(H,22,23)(H,24,25). The molecule has 0 saturated heterocycles. The van der Waals surface area contributed by atoms with Crippen molar-refractivity contribution in [2.24, 2.45) is 5.92 Å². The molecular weight excluding hydrogens is 314 g/mol. The third-order valence-corrected chi connectivity index (χ3v) is 4.36. The number of nitrogens with one attached hydrogen (secondary N) is 1. The number of amides is 1. The Morgan fingerprint density at radius 1 is 1.08 bits per heavy atom. The number of rotatable bonds is 8. The molecule has 132 valence electrons. The van der Waals surface area contributed by atoms with E-state index in [9.17, 15) is 14.7 Å². The second kappa shape index (κ2) is 9.02. The fourth-order valence-electron chi connectivity index (χ4n) is 2.98. The molecule has 0 fully saturated rings. The molecule has 0 heterocycles. The fourth-order valence-corrected chi connectivity index (χ4v) is 2.98. The van der Waals surface area contributed by atoms with Crippen LogP contribution in [0.3, 0.4) is 0 Å². The van der Waals surface area contributed by atoms with Crippen LogP contribution < -0.4 is 5.32 Å². The number of carboxylic acid groups (broad SMARTS) is 1. The van der Waals surface area contributed by atoms with Crippen LogP contribution in [0.25, 0.3) is 0 Å². The Labute approximate surface area is 148 Å². The van der Waals surface area contributed by atoms with Gasteiger partial charge in [0, 0.05) is 6.54 Å². The van der Waals surface area contributed by atoms with E-state index in [0.29, 0.717) is 12.8 Å². The highest BCUT2D eigenvalue weighted by atomic mass is 16.4. The average molecular weight is 339 g/mol. The zero-order chi connectivity index (χ0) is 18.2. The summed E-state index contributed by atoms with van der Waals surface area (Å²) in [5, 5.41) is 12.3. The van der Waals surface area contributed by atoms with Crippen LogP contribution in [0.4, 0.5) is 0 Å². The molecule has 0 saturated carbocycles. The van der Waals surface area contributed by atoms with Crippen molar-refractivity contribution in [3.05, 3.63) is 71.3 Å². The molecule has 0 aliphatic carbocycles. The first-order valence-corrected chi connectivity index (χ1v) is 8.62. The molecule has 0 aliphatic rings. The van der Waals surface area contributed by atoms with E-state index < -0.39 is 11.9 Å². The van der Waals surface area contributed by atoms with Crippen molar-refractivity contribution in [2.75, 3.05) is 6.54 Å². The average Bonchev–Trinajstić information content (AvgIpc) is 2.60. The second-order valence-corrected chi connectivity index (χ2v) is 6.35. The Bertz CT molecular complexity index is 712. The highest BCUT2D eigenvalue weighted by Crippen LogP contribution is 2.19. The minimum absolute atomic E-state index is 0.121. The third-order valence-electron chi connectivity index (χ3n) is 4.36. The summed E-state index contributed by atoms with van der Waals surface area (Å²) in [6.45, 7) is 4.07. The van der Waals surface area contributed by atoms with Gasteiger partial charge in [0.2, 0.25) is 5.91 Å². The first kappa shape index (κ1) is 18.7. The Hall–Kier alpha value is -2.62. The first-order valence-electron chi connectivity index (χ1n) is 8.62. The van der Waals surface area contributed by atoms with Crippen molar-refractivity contribution < 1.29 is 14.7 Å². The number of aliphatic carboxylic acids is 1. The maximum absolute atomic E-state index is 12.5. The molecule has 0 bridgehead atoms. The van der Waals surface area contributed by atoms with Crippen LogP contribution in [0.5, 0.6) is 0 Å². The Morgan fingerprint density at radius 3 is 2.40 bits per heavy atom. The molecular formula is C21H25NO3. The summed E-state index contributed by atoms with van der Waals surface area (Å²) in [6, 6.07) is 17.4. The predicted octanol–water partition coefficient (Wildman–Crippen LogP) is 3.55. The molecule has 2 atom stereocenters. The van der Waals surface area contributed by atoms with Crippen LogP contribution in [0.1, 0.15) is 36.0 Å². The molecule has 2 aromatic carbocycles. The number of carbonyl (C=O) groups is 2. The number of carboxylic acids is 1. The Kier molecular flexibility index (Phi) is 6.75. The van der Waals surface area contributed by atoms with Crippen LogP contribution in [0.15, 0.2) is 54.6 Å². The lowest BCUT2D eigenvalue weighted by molar-refractivity contribution is -0.141. The van der Waals surface area contributed by atoms with Crippen molar-refractivity contribution in [3.63, 3.8) is 0 Å². The smallest absolute Gasteiger partial charge is 0.308 e. The molecule has 0 spiro atoms. The number of aryl methyl sites for hydroxylation is 1. The van der Waals surface area contributed by atoms with Crippen molar-refractivity contribution in [1.29, 1.82) is 0 Å². The molecule has 4 nitrogen and oxygen atoms in total. The first-order chi connectivity index (χ1) is 12.0. The summed E-state index contributed by atoms with van der Waals surface area (Å²) < 4.78 is 0. The van der Waals surface area contributed by atoms with Gasteiger partial charge in [-0.25, -0.2) is 0 Å². The largest absolute Gasteiger partial charge is 0.481 e. The van der Waals surface area contributed by atoms with E-state index in [1.54, 1.807) is 0 Å². The summed E-state index contributed by atoms with van der Waals surface area (Å²) in [4.78, 5) is 24.1. The van der Waals surface area contributed by atoms with Crippen molar-refractivity contribution >= 4 is 11.9 Å². The fraction of sp³-hybridized carbons (Fsp3) is 0.333. The van der Waals surface area contributed by atoms with Crippen LogP contribution >= 0.6 is 0 Å². The lowest BCUT2D eigenvalue weighted by Gasteiger charge is -2.18. The monoisotopic (exact) mass is 339 g/mol. The summed E-state index contributed by atoms with van der Waals surface area (Å²) in [5.41, 5.74) is 3.02. The molecule has 2 rings (SSSR count). The summed E-state index contributed by atoms with van der Waals surface area (Å²) in [5.74, 6) is -1.91. The topological polar surface area (TPSA) is 66.4 Å². The highest BCUT2D eigenvalue weighted by Gasteiger charge is 2.23. The maximum atomic E-state index is 12.5. The summed E-state index contributed by atoms with van der Waals surface area (Å²) >= 11 is 0. The molecule has 4 heteroatoms. The summed E-state index contributed by atoms with van der Waals surface area (Å²) in [6.07, 6.45) is 1.07. The zero-order valence-electron chi connectivity index (χ0n) is 14.7. The van der Waals surface area contributed by atoms with Crippen molar-refractivity contribution in [1.82, 2.24) is 5.32 Å². The van der Waals surface area contributed by atoms with Gasteiger partial charge in [-0.15, -0.1) is 0 Å². The van der Waals surface area contributed by atoms with E-state index in [-0.39, 0.29) is 18.4 Å². The minimum Gasteiger partial charge on any atom is -0.481 e. The normalized spacial score (nSPS) is 13.0. The third kappa shape index (κ3) is 5.45. The van der Waals surface area contributed by atoms with Gasteiger partial charge in [0.1, 0.15) is 0 Å². The molecule has 2 aromatic rings.